The minimum atomic E-state index is -3.82. The summed E-state index contributed by atoms with van der Waals surface area (Å²) in [4.78, 5) is 12.8. The van der Waals surface area contributed by atoms with E-state index < -0.39 is 10.0 Å². The lowest BCUT2D eigenvalue weighted by atomic mass is 10.1. The summed E-state index contributed by atoms with van der Waals surface area (Å²) in [6.07, 6.45) is 1.87. The number of benzene rings is 2. The average molecular weight is 430 g/mol. The van der Waals surface area contributed by atoms with Crippen molar-refractivity contribution in [2.75, 3.05) is 17.8 Å². The molecule has 1 atom stereocenters. The summed E-state index contributed by atoms with van der Waals surface area (Å²) < 4.78 is 27.6. The van der Waals surface area contributed by atoms with Crippen LogP contribution >= 0.6 is 24.0 Å². The van der Waals surface area contributed by atoms with E-state index in [1.54, 1.807) is 24.3 Å². The summed E-state index contributed by atoms with van der Waals surface area (Å²) in [7, 11) is -3.82. The molecule has 2 aromatic rings. The highest BCUT2D eigenvalue weighted by Gasteiger charge is 2.21. The molecule has 2 aromatic carbocycles. The quantitative estimate of drug-likeness (QED) is 0.681. The van der Waals surface area contributed by atoms with Crippen LogP contribution in [0.4, 0.5) is 5.69 Å². The Kier molecular flexibility index (Phi) is 7.49. The van der Waals surface area contributed by atoms with Gasteiger partial charge in [-0.25, -0.2) is 8.42 Å². The second-order valence-electron chi connectivity index (χ2n) is 6.13. The maximum atomic E-state index is 12.7. The van der Waals surface area contributed by atoms with E-state index in [4.69, 9.17) is 11.6 Å². The van der Waals surface area contributed by atoms with Crippen molar-refractivity contribution in [2.24, 2.45) is 0 Å². The van der Waals surface area contributed by atoms with Crippen molar-refractivity contribution < 1.29 is 13.2 Å². The van der Waals surface area contributed by atoms with Crippen LogP contribution in [0.15, 0.2) is 53.4 Å². The molecule has 1 aliphatic heterocycles. The van der Waals surface area contributed by atoms with Crippen LogP contribution in [0.5, 0.6) is 0 Å². The number of sulfonamides is 1. The molecule has 0 bridgehead atoms. The van der Waals surface area contributed by atoms with Crippen LogP contribution in [0.2, 0.25) is 5.02 Å². The summed E-state index contributed by atoms with van der Waals surface area (Å²) in [6.45, 7) is 1.64. The Morgan fingerprint density at radius 2 is 1.89 bits per heavy atom. The third-order valence-electron chi connectivity index (χ3n) is 4.16. The zero-order chi connectivity index (χ0) is 18.6. The molecular formula is C18H21Cl2N3O3S. The lowest BCUT2D eigenvalue weighted by Gasteiger charge is -2.24. The maximum absolute atomic E-state index is 12.7. The van der Waals surface area contributed by atoms with Gasteiger partial charge in [-0.05, 0) is 49.7 Å². The Balaban J connectivity index is 0.00000261. The van der Waals surface area contributed by atoms with Gasteiger partial charge in [-0.1, -0.05) is 29.8 Å². The lowest BCUT2D eigenvalue weighted by Crippen LogP contribution is -2.45. The molecule has 3 rings (SSSR count). The second kappa shape index (κ2) is 9.41. The Hall–Kier alpha value is -1.80. The van der Waals surface area contributed by atoms with Gasteiger partial charge in [0.2, 0.25) is 0 Å². The number of hydrogen-bond acceptors (Lipinski definition) is 4. The smallest absolute Gasteiger partial charge is 0.261 e. The molecule has 1 heterocycles. The summed E-state index contributed by atoms with van der Waals surface area (Å²) in [5.41, 5.74) is 0.391. The molecule has 146 valence electrons. The number of carbonyl (C=O) groups is 1. The van der Waals surface area contributed by atoms with Crippen LogP contribution in [-0.4, -0.2) is 33.5 Å². The number of halogens is 2. The first-order valence-corrected chi connectivity index (χ1v) is 10.2. The Bertz CT molecular complexity index is 886. The number of carbonyl (C=O) groups excluding carboxylic acids is 1. The fraction of sp³-hybridized carbons (Fsp3) is 0.278. The highest BCUT2D eigenvalue weighted by Crippen LogP contribution is 2.24. The van der Waals surface area contributed by atoms with Crippen LogP contribution in [0.1, 0.15) is 23.2 Å². The Labute approximate surface area is 170 Å². The van der Waals surface area contributed by atoms with Crippen LogP contribution in [0.3, 0.4) is 0 Å². The van der Waals surface area contributed by atoms with Gasteiger partial charge in [0.15, 0.2) is 0 Å². The predicted molar refractivity (Wildman–Crippen MR) is 109 cm³/mol. The number of nitrogens with one attached hydrogen (secondary N) is 3. The average Bonchev–Trinajstić information content (AvgIpc) is 2.63. The van der Waals surface area contributed by atoms with E-state index in [2.05, 4.69) is 15.4 Å². The molecule has 1 fully saturated rings. The van der Waals surface area contributed by atoms with Crippen molar-refractivity contribution in [3.63, 3.8) is 0 Å². The number of hydrogen-bond donors (Lipinski definition) is 3. The minimum Gasteiger partial charge on any atom is -0.348 e. The predicted octanol–water partition coefficient (Wildman–Crippen LogP) is 3.04. The van der Waals surface area contributed by atoms with Crippen molar-refractivity contribution in [3.05, 3.63) is 59.1 Å². The zero-order valence-corrected chi connectivity index (χ0v) is 16.8. The van der Waals surface area contributed by atoms with E-state index in [1.165, 1.54) is 24.3 Å². The Morgan fingerprint density at radius 3 is 2.56 bits per heavy atom. The summed E-state index contributed by atoms with van der Waals surface area (Å²) in [5.74, 6) is -0.332. The standard InChI is InChI=1S/C18H20ClN3O3S.ClH/c19-13-8-9-16(18(23)21-14-5-4-10-20-12-14)17(11-13)22-26(24,25)15-6-2-1-3-7-15;/h1-3,6-9,11,14,20,22H,4-5,10,12H2,(H,21,23);1H. The molecule has 1 aliphatic rings. The Morgan fingerprint density at radius 1 is 1.15 bits per heavy atom. The number of piperidine rings is 1. The largest absolute Gasteiger partial charge is 0.348 e. The second-order valence-corrected chi connectivity index (χ2v) is 8.24. The molecule has 1 unspecified atom stereocenters. The van der Waals surface area contributed by atoms with Crippen LogP contribution in [-0.2, 0) is 10.0 Å². The molecule has 3 N–H and O–H groups in total. The third-order valence-corrected chi connectivity index (χ3v) is 5.77. The summed E-state index contributed by atoms with van der Waals surface area (Å²) >= 11 is 6.01. The topological polar surface area (TPSA) is 87.3 Å². The highest BCUT2D eigenvalue weighted by molar-refractivity contribution is 7.92. The van der Waals surface area contributed by atoms with Crippen molar-refractivity contribution in [3.8, 4) is 0 Å². The molecule has 0 aliphatic carbocycles. The fourth-order valence-corrected chi connectivity index (χ4v) is 4.10. The summed E-state index contributed by atoms with van der Waals surface area (Å²) in [6, 6.07) is 12.5. The first-order chi connectivity index (χ1) is 12.5. The van der Waals surface area contributed by atoms with E-state index in [-0.39, 0.29) is 40.5 Å². The van der Waals surface area contributed by atoms with E-state index in [0.29, 0.717) is 11.6 Å². The van der Waals surface area contributed by atoms with E-state index in [0.717, 1.165) is 19.4 Å². The van der Waals surface area contributed by atoms with Gasteiger partial charge in [-0.15, -0.1) is 12.4 Å². The molecule has 0 saturated carbocycles. The third kappa shape index (κ3) is 5.59. The van der Waals surface area contributed by atoms with Gasteiger partial charge in [0.25, 0.3) is 15.9 Å². The number of amides is 1. The molecule has 6 nitrogen and oxygen atoms in total. The molecule has 1 saturated heterocycles. The van der Waals surface area contributed by atoms with Crippen molar-refractivity contribution >= 4 is 45.6 Å². The van der Waals surface area contributed by atoms with Crippen molar-refractivity contribution in [2.45, 2.75) is 23.8 Å². The molecule has 1 amide bonds. The van der Waals surface area contributed by atoms with Crippen LogP contribution in [0, 0.1) is 0 Å². The van der Waals surface area contributed by atoms with Gasteiger partial charge in [0.05, 0.1) is 16.1 Å². The van der Waals surface area contributed by atoms with Crippen LogP contribution < -0.4 is 15.4 Å². The minimum absolute atomic E-state index is 0. The molecule has 0 spiro atoms. The first kappa shape index (κ1) is 21.5. The molecule has 27 heavy (non-hydrogen) atoms. The van der Waals surface area contributed by atoms with Gasteiger partial charge in [-0.2, -0.15) is 0 Å². The van der Waals surface area contributed by atoms with Crippen LogP contribution in [0.25, 0.3) is 0 Å². The van der Waals surface area contributed by atoms with Gasteiger partial charge >= 0.3 is 0 Å². The zero-order valence-electron chi connectivity index (χ0n) is 14.4. The van der Waals surface area contributed by atoms with Gasteiger partial charge in [-0.3, -0.25) is 9.52 Å². The molecule has 0 aromatic heterocycles. The molecule has 0 radical (unpaired) electrons. The highest BCUT2D eigenvalue weighted by atomic mass is 35.5. The van der Waals surface area contributed by atoms with E-state index >= 15 is 0 Å². The van der Waals surface area contributed by atoms with Crippen molar-refractivity contribution in [1.29, 1.82) is 0 Å². The van der Waals surface area contributed by atoms with E-state index in [1.807, 2.05) is 0 Å². The van der Waals surface area contributed by atoms with Gasteiger partial charge in [0.1, 0.15) is 0 Å². The van der Waals surface area contributed by atoms with Crippen molar-refractivity contribution in [1.82, 2.24) is 10.6 Å². The monoisotopic (exact) mass is 429 g/mol. The normalized spacial score (nSPS) is 16.9. The SMILES string of the molecule is Cl.O=C(NC1CCCNC1)c1ccc(Cl)cc1NS(=O)(=O)c1ccccc1. The van der Waals surface area contributed by atoms with Gasteiger partial charge in [0, 0.05) is 17.6 Å². The molecular weight excluding hydrogens is 409 g/mol. The maximum Gasteiger partial charge on any atom is 0.261 e. The first-order valence-electron chi connectivity index (χ1n) is 8.35. The van der Waals surface area contributed by atoms with E-state index in [9.17, 15) is 13.2 Å². The lowest BCUT2D eigenvalue weighted by molar-refractivity contribution is 0.0931. The number of rotatable bonds is 5. The fourth-order valence-electron chi connectivity index (χ4n) is 2.84. The summed E-state index contributed by atoms with van der Waals surface area (Å²) in [5, 5.41) is 6.51. The number of anilines is 1. The van der Waals surface area contributed by atoms with Gasteiger partial charge < -0.3 is 10.6 Å². The molecule has 9 heteroatoms.